The third kappa shape index (κ3) is 6.86. The van der Waals surface area contributed by atoms with Gasteiger partial charge < -0.3 is 21.1 Å². The van der Waals surface area contributed by atoms with Gasteiger partial charge in [-0.1, -0.05) is 24.3 Å². The number of hydrogen-bond acceptors (Lipinski definition) is 4. The summed E-state index contributed by atoms with van der Waals surface area (Å²) in [7, 11) is 1.74. The lowest BCUT2D eigenvalue weighted by Crippen LogP contribution is -2.36. The van der Waals surface area contributed by atoms with Gasteiger partial charge in [0.1, 0.15) is 5.75 Å². The minimum atomic E-state index is -0.496. The van der Waals surface area contributed by atoms with Gasteiger partial charge in [0, 0.05) is 25.0 Å². The van der Waals surface area contributed by atoms with Crippen molar-refractivity contribution in [3.8, 4) is 5.75 Å². The Balaban J connectivity index is 1.91. The molecule has 0 unspecified atom stereocenters. The average Bonchev–Trinajstić information content (AvgIpc) is 2.67. The number of carbonyl (C=O) groups excluding carboxylic acids is 1. The maximum absolute atomic E-state index is 10.8. The molecule has 1 amide bonds. The summed E-state index contributed by atoms with van der Waals surface area (Å²) in [6, 6.07) is 14.0. The molecule has 0 bridgehead atoms. The van der Waals surface area contributed by atoms with Crippen LogP contribution in [-0.4, -0.2) is 31.8 Å². The minimum absolute atomic E-state index is 0.131. The Morgan fingerprint density at radius 2 is 1.96 bits per heavy atom. The van der Waals surface area contributed by atoms with E-state index in [1.807, 2.05) is 18.2 Å². The highest BCUT2D eigenvalue weighted by Gasteiger charge is 2.05. The molecule has 0 aliphatic rings. The molecule has 6 nitrogen and oxygen atoms in total. The first kappa shape index (κ1) is 20.6. The van der Waals surface area contributed by atoms with Gasteiger partial charge in [-0.25, -0.2) is 0 Å². The van der Waals surface area contributed by atoms with Crippen LogP contribution in [0.4, 0.5) is 0 Å². The van der Waals surface area contributed by atoms with Crippen molar-refractivity contribution in [2.24, 2.45) is 10.7 Å². The third-order valence-electron chi connectivity index (χ3n) is 3.85. The summed E-state index contributed by atoms with van der Waals surface area (Å²) >= 11 is 1.74. The predicted octanol–water partition coefficient (Wildman–Crippen LogP) is 2.45. The van der Waals surface area contributed by atoms with Crippen LogP contribution in [-0.2, 0) is 17.9 Å². The molecular weight excluding hydrogens is 360 g/mol. The SMILES string of the molecule is CN=C(NCc1cccc(OCC(N)=O)c1)NCc1ccc(C)cc1SC. The van der Waals surface area contributed by atoms with Gasteiger partial charge in [-0.15, -0.1) is 11.8 Å². The van der Waals surface area contributed by atoms with Crippen LogP contribution in [0.3, 0.4) is 0 Å². The van der Waals surface area contributed by atoms with Crippen molar-refractivity contribution in [1.82, 2.24) is 10.6 Å². The van der Waals surface area contributed by atoms with Crippen LogP contribution in [0.5, 0.6) is 5.75 Å². The molecule has 4 N–H and O–H groups in total. The molecule has 2 aromatic rings. The third-order valence-corrected chi connectivity index (χ3v) is 4.67. The molecular formula is C20H26N4O2S. The van der Waals surface area contributed by atoms with Crippen LogP contribution in [0.25, 0.3) is 0 Å². The van der Waals surface area contributed by atoms with E-state index in [1.165, 1.54) is 16.0 Å². The van der Waals surface area contributed by atoms with Gasteiger partial charge in [-0.3, -0.25) is 9.79 Å². The van der Waals surface area contributed by atoms with Gasteiger partial charge in [0.25, 0.3) is 5.91 Å². The highest BCUT2D eigenvalue weighted by molar-refractivity contribution is 7.98. The number of aliphatic imine (C=N–C) groups is 1. The van der Waals surface area contributed by atoms with E-state index >= 15 is 0 Å². The molecule has 0 heterocycles. The van der Waals surface area contributed by atoms with E-state index in [4.69, 9.17) is 10.5 Å². The first-order valence-electron chi connectivity index (χ1n) is 8.60. The normalized spacial score (nSPS) is 11.1. The van der Waals surface area contributed by atoms with E-state index in [0.717, 1.165) is 5.56 Å². The quantitative estimate of drug-likeness (QED) is 0.368. The Kier molecular flexibility index (Phi) is 8.00. The van der Waals surface area contributed by atoms with E-state index in [0.29, 0.717) is 24.8 Å². The van der Waals surface area contributed by atoms with Crippen LogP contribution in [0.15, 0.2) is 52.4 Å². The number of aryl methyl sites for hydroxylation is 1. The van der Waals surface area contributed by atoms with Crippen LogP contribution in [0.1, 0.15) is 16.7 Å². The lowest BCUT2D eigenvalue weighted by Gasteiger charge is -2.14. The monoisotopic (exact) mass is 386 g/mol. The van der Waals surface area contributed by atoms with Crippen LogP contribution < -0.4 is 21.1 Å². The zero-order valence-electron chi connectivity index (χ0n) is 15.9. The molecule has 0 aliphatic heterocycles. The van der Waals surface area contributed by atoms with Gasteiger partial charge in [0.2, 0.25) is 0 Å². The second-order valence-electron chi connectivity index (χ2n) is 6.00. The number of rotatable bonds is 8. The van der Waals surface area contributed by atoms with Gasteiger partial charge in [-0.05, 0) is 48.1 Å². The molecule has 0 fully saturated rings. The largest absolute Gasteiger partial charge is 0.484 e. The lowest BCUT2D eigenvalue weighted by atomic mass is 10.1. The number of thioether (sulfide) groups is 1. The lowest BCUT2D eigenvalue weighted by molar-refractivity contribution is -0.119. The first-order valence-corrected chi connectivity index (χ1v) is 9.82. The molecule has 7 heteroatoms. The second-order valence-corrected chi connectivity index (χ2v) is 6.85. The fourth-order valence-corrected chi connectivity index (χ4v) is 3.19. The first-order chi connectivity index (χ1) is 13.0. The number of amides is 1. The Morgan fingerprint density at radius 1 is 1.19 bits per heavy atom. The Labute approximate surface area is 164 Å². The maximum atomic E-state index is 10.8. The maximum Gasteiger partial charge on any atom is 0.255 e. The number of primary amides is 1. The Morgan fingerprint density at radius 3 is 2.67 bits per heavy atom. The zero-order chi connectivity index (χ0) is 19.6. The van der Waals surface area contributed by atoms with Gasteiger partial charge in [0.05, 0.1) is 0 Å². The molecule has 27 heavy (non-hydrogen) atoms. The molecule has 0 spiro atoms. The summed E-state index contributed by atoms with van der Waals surface area (Å²) < 4.78 is 5.33. The predicted molar refractivity (Wildman–Crippen MR) is 111 cm³/mol. The van der Waals surface area contributed by atoms with Crippen LogP contribution in [0, 0.1) is 6.92 Å². The number of nitrogens with two attached hydrogens (primary N) is 1. The summed E-state index contributed by atoms with van der Waals surface area (Å²) in [6.45, 7) is 3.24. The van der Waals surface area contributed by atoms with Crippen molar-refractivity contribution in [3.63, 3.8) is 0 Å². The molecule has 144 valence electrons. The number of hydrogen-bond donors (Lipinski definition) is 3. The van der Waals surface area contributed by atoms with Crippen molar-refractivity contribution in [3.05, 3.63) is 59.2 Å². The van der Waals surface area contributed by atoms with E-state index in [1.54, 1.807) is 24.9 Å². The molecule has 0 aliphatic carbocycles. The zero-order valence-corrected chi connectivity index (χ0v) is 16.7. The molecule has 0 saturated carbocycles. The Bertz CT molecular complexity index is 808. The van der Waals surface area contributed by atoms with Crippen LogP contribution >= 0.6 is 11.8 Å². The summed E-state index contributed by atoms with van der Waals surface area (Å²) in [4.78, 5) is 16.4. The number of nitrogens with one attached hydrogen (secondary N) is 2. The second kappa shape index (κ2) is 10.5. The van der Waals surface area contributed by atoms with E-state index in [-0.39, 0.29) is 6.61 Å². The molecule has 0 saturated heterocycles. The van der Waals surface area contributed by atoms with E-state index < -0.39 is 5.91 Å². The van der Waals surface area contributed by atoms with Gasteiger partial charge >= 0.3 is 0 Å². The fourth-order valence-electron chi connectivity index (χ4n) is 2.48. The van der Waals surface area contributed by atoms with Crippen molar-refractivity contribution in [2.75, 3.05) is 19.9 Å². The number of guanidine groups is 1. The summed E-state index contributed by atoms with van der Waals surface area (Å²) in [5.41, 5.74) is 8.61. The molecule has 2 rings (SSSR count). The molecule has 0 atom stereocenters. The Hall–Kier alpha value is -2.67. The highest BCUT2D eigenvalue weighted by atomic mass is 32.2. The van der Waals surface area contributed by atoms with Crippen molar-refractivity contribution in [1.29, 1.82) is 0 Å². The van der Waals surface area contributed by atoms with Gasteiger partial charge in [-0.2, -0.15) is 0 Å². The number of nitrogens with zero attached hydrogens (tertiary/aromatic N) is 1. The number of ether oxygens (including phenoxy) is 1. The standard InChI is InChI=1S/C20H26N4O2S/c1-14-7-8-16(18(9-14)27-3)12-24-20(22-2)23-11-15-5-4-6-17(10-15)26-13-19(21)25/h4-10H,11-13H2,1-3H3,(H2,21,25)(H2,22,23,24). The molecule has 2 aromatic carbocycles. The van der Waals surface area contributed by atoms with E-state index in [9.17, 15) is 4.79 Å². The number of carbonyl (C=O) groups is 1. The smallest absolute Gasteiger partial charge is 0.255 e. The summed E-state index contributed by atoms with van der Waals surface area (Å²) in [5, 5.41) is 6.62. The van der Waals surface area contributed by atoms with Crippen molar-refractivity contribution < 1.29 is 9.53 Å². The number of benzene rings is 2. The average molecular weight is 387 g/mol. The topological polar surface area (TPSA) is 88.7 Å². The summed E-state index contributed by atoms with van der Waals surface area (Å²) in [6.07, 6.45) is 2.08. The minimum Gasteiger partial charge on any atom is -0.484 e. The van der Waals surface area contributed by atoms with Gasteiger partial charge in [0.15, 0.2) is 12.6 Å². The highest BCUT2D eigenvalue weighted by Crippen LogP contribution is 2.21. The molecule has 0 aromatic heterocycles. The van der Waals surface area contributed by atoms with Crippen molar-refractivity contribution >= 4 is 23.6 Å². The van der Waals surface area contributed by atoms with E-state index in [2.05, 4.69) is 47.0 Å². The van der Waals surface area contributed by atoms with Crippen LogP contribution in [0.2, 0.25) is 0 Å². The van der Waals surface area contributed by atoms with Crippen molar-refractivity contribution in [2.45, 2.75) is 24.9 Å². The fraction of sp³-hybridized carbons (Fsp3) is 0.300. The molecule has 0 radical (unpaired) electrons. The summed E-state index contributed by atoms with van der Waals surface area (Å²) in [5.74, 6) is 0.829.